The van der Waals surface area contributed by atoms with Crippen molar-refractivity contribution in [2.75, 3.05) is 0 Å². The molecule has 104 valence electrons. The first-order valence-electron chi connectivity index (χ1n) is 6.65. The van der Waals surface area contributed by atoms with E-state index in [1.54, 1.807) is 31.2 Å². The van der Waals surface area contributed by atoms with E-state index in [9.17, 15) is 14.4 Å². The Balaban J connectivity index is 2.45. The Kier molecular flexibility index (Phi) is 3.46. The van der Waals surface area contributed by atoms with Crippen LogP contribution in [0.15, 0.2) is 35.4 Å². The van der Waals surface area contributed by atoms with E-state index < -0.39 is 5.41 Å². The first-order valence-corrected chi connectivity index (χ1v) is 6.65. The Morgan fingerprint density at radius 3 is 2.00 bits per heavy atom. The summed E-state index contributed by atoms with van der Waals surface area (Å²) in [6.45, 7) is 7.07. The zero-order chi connectivity index (χ0) is 15.1. The van der Waals surface area contributed by atoms with Gasteiger partial charge in [-0.05, 0) is 6.92 Å². The molecule has 0 radical (unpaired) electrons. The average Bonchev–Trinajstić information content (AvgIpc) is 2.39. The molecule has 0 heterocycles. The molecule has 0 saturated carbocycles. The lowest BCUT2D eigenvalue weighted by atomic mass is 9.79. The van der Waals surface area contributed by atoms with Crippen LogP contribution in [-0.2, 0) is 4.79 Å². The summed E-state index contributed by atoms with van der Waals surface area (Å²) in [5, 5.41) is 0. The monoisotopic (exact) mass is 270 g/mol. The summed E-state index contributed by atoms with van der Waals surface area (Å²) in [4.78, 5) is 36.9. The molecule has 1 aromatic rings. The van der Waals surface area contributed by atoms with Gasteiger partial charge in [0.2, 0.25) is 0 Å². The average molecular weight is 270 g/mol. The van der Waals surface area contributed by atoms with Gasteiger partial charge in [0.1, 0.15) is 5.78 Å². The largest absolute Gasteiger partial charge is 0.299 e. The third-order valence-corrected chi connectivity index (χ3v) is 3.66. The number of rotatable bonds is 2. The quantitative estimate of drug-likeness (QED) is 0.827. The molecule has 0 atom stereocenters. The first-order chi connectivity index (χ1) is 9.23. The number of ketones is 3. The molecule has 0 spiro atoms. The van der Waals surface area contributed by atoms with Crippen LogP contribution in [0.3, 0.4) is 0 Å². The Hall–Kier alpha value is -2.03. The zero-order valence-electron chi connectivity index (χ0n) is 12.2. The number of fused-ring (bicyclic) bond motifs is 1. The lowest BCUT2D eigenvalue weighted by molar-refractivity contribution is -0.125. The van der Waals surface area contributed by atoms with Crippen LogP contribution in [0, 0.1) is 5.41 Å². The third kappa shape index (κ3) is 2.36. The number of Topliss-reactive ketones (excluding diaryl/α,β-unsaturated/α-hetero) is 3. The Bertz CT molecular complexity index is 642. The highest BCUT2D eigenvalue weighted by Gasteiger charge is 2.32. The summed E-state index contributed by atoms with van der Waals surface area (Å²) in [6.07, 6.45) is 0.0221. The second-order valence-corrected chi connectivity index (χ2v) is 6.16. The molecule has 0 saturated heterocycles. The maximum Gasteiger partial charge on any atom is 0.190 e. The van der Waals surface area contributed by atoms with Crippen molar-refractivity contribution < 1.29 is 14.4 Å². The van der Waals surface area contributed by atoms with Gasteiger partial charge in [-0.2, -0.15) is 0 Å². The van der Waals surface area contributed by atoms with Crippen LogP contribution in [0.5, 0.6) is 0 Å². The highest BCUT2D eigenvalue weighted by atomic mass is 16.1. The van der Waals surface area contributed by atoms with Crippen LogP contribution >= 0.6 is 0 Å². The second-order valence-electron chi connectivity index (χ2n) is 6.16. The van der Waals surface area contributed by atoms with Crippen molar-refractivity contribution in [1.29, 1.82) is 0 Å². The summed E-state index contributed by atoms with van der Waals surface area (Å²) < 4.78 is 0. The van der Waals surface area contributed by atoms with E-state index in [-0.39, 0.29) is 23.8 Å². The van der Waals surface area contributed by atoms with Crippen LogP contribution in [0.1, 0.15) is 54.8 Å². The summed E-state index contributed by atoms with van der Waals surface area (Å²) in [5.41, 5.74) is 1.05. The van der Waals surface area contributed by atoms with Gasteiger partial charge in [0.05, 0.1) is 0 Å². The summed E-state index contributed by atoms with van der Waals surface area (Å²) in [5.74, 6) is -0.389. The molecule has 0 aromatic heterocycles. The highest BCUT2D eigenvalue weighted by Crippen LogP contribution is 2.30. The van der Waals surface area contributed by atoms with Gasteiger partial charge >= 0.3 is 0 Å². The number of carbonyl (C=O) groups excluding carboxylic acids is 3. The minimum atomic E-state index is -0.520. The second kappa shape index (κ2) is 4.82. The SMILES string of the molecule is CC1=C(CC(=O)C(C)(C)C)C(=O)c2ccccc2C1=O. The van der Waals surface area contributed by atoms with E-state index in [4.69, 9.17) is 0 Å². The molecule has 1 aliphatic rings. The smallest absolute Gasteiger partial charge is 0.190 e. The van der Waals surface area contributed by atoms with Crippen molar-refractivity contribution in [2.45, 2.75) is 34.1 Å². The molecule has 0 unspecified atom stereocenters. The molecule has 0 aliphatic heterocycles. The van der Waals surface area contributed by atoms with Gasteiger partial charge in [-0.3, -0.25) is 14.4 Å². The van der Waals surface area contributed by atoms with Gasteiger partial charge in [-0.25, -0.2) is 0 Å². The molecule has 3 nitrogen and oxygen atoms in total. The Morgan fingerprint density at radius 2 is 1.50 bits per heavy atom. The lowest BCUT2D eigenvalue weighted by Crippen LogP contribution is -2.26. The van der Waals surface area contributed by atoms with E-state index >= 15 is 0 Å². The maximum atomic E-state index is 12.5. The van der Waals surface area contributed by atoms with E-state index in [0.29, 0.717) is 22.3 Å². The number of allylic oxidation sites excluding steroid dienone is 2. The highest BCUT2D eigenvalue weighted by molar-refractivity contribution is 6.27. The molecule has 1 aliphatic carbocycles. The van der Waals surface area contributed by atoms with Gasteiger partial charge in [-0.1, -0.05) is 45.0 Å². The summed E-state index contributed by atoms with van der Waals surface area (Å²) in [7, 11) is 0. The molecule has 0 bridgehead atoms. The predicted octanol–water partition coefficient (Wildman–Crippen LogP) is 3.39. The van der Waals surface area contributed by atoms with Crippen LogP contribution in [0.2, 0.25) is 0 Å². The first kappa shape index (κ1) is 14.4. The lowest BCUT2D eigenvalue weighted by Gasteiger charge is -2.22. The molecule has 1 aromatic carbocycles. The van der Waals surface area contributed by atoms with Crippen molar-refractivity contribution in [2.24, 2.45) is 5.41 Å². The van der Waals surface area contributed by atoms with Crippen molar-refractivity contribution in [1.82, 2.24) is 0 Å². The predicted molar refractivity (Wildman–Crippen MR) is 76.9 cm³/mol. The Labute approximate surface area is 118 Å². The standard InChI is InChI=1S/C17H18O3/c1-10-13(9-14(18)17(2,3)4)16(20)12-8-6-5-7-11(12)15(10)19/h5-8H,9H2,1-4H3. The van der Waals surface area contributed by atoms with Gasteiger partial charge in [-0.15, -0.1) is 0 Å². The van der Waals surface area contributed by atoms with Crippen molar-refractivity contribution in [3.8, 4) is 0 Å². The molecule has 3 heteroatoms. The Morgan fingerprint density at radius 1 is 1.00 bits per heavy atom. The van der Waals surface area contributed by atoms with Gasteiger partial charge < -0.3 is 0 Å². The van der Waals surface area contributed by atoms with Crippen LogP contribution in [-0.4, -0.2) is 17.3 Å². The minimum Gasteiger partial charge on any atom is -0.299 e. The summed E-state index contributed by atoms with van der Waals surface area (Å²) >= 11 is 0. The molecule has 0 fully saturated rings. The van der Waals surface area contributed by atoms with Gasteiger partial charge in [0, 0.05) is 34.1 Å². The number of carbonyl (C=O) groups is 3. The van der Waals surface area contributed by atoms with Crippen LogP contribution in [0.4, 0.5) is 0 Å². The van der Waals surface area contributed by atoms with E-state index in [1.807, 2.05) is 20.8 Å². The fraction of sp³-hybridized carbons (Fsp3) is 0.353. The van der Waals surface area contributed by atoms with Crippen molar-refractivity contribution in [3.05, 3.63) is 46.5 Å². The molecular weight excluding hydrogens is 252 g/mol. The molecule has 2 rings (SSSR count). The maximum absolute atomic E-state index is 12.5. The zero-order valence-corrected chi connectivity index (χ0v) is 12.2. The van der Waals surface area contributed by atoms with Gasteiger partial charge in [0.25, 0.3) is 0 Å². The topological polar surface area (TPSA) is 51.2 Å². The van der Waals surface area contributed by atoms with Crippen molar-refractivity contribution in [3.63, 3.8) is 0 Å². The van der Waals surface area contributed by atoms with Crippen LogP contribution in [0.25, 0.3) is 0 Å². The molecule has 20 heavy (non-hydrogen) atoms. The van der Waals surface area contributed by atoms with Crippen LogP contribution < -0.4 is 0 Å². The fourth-order valence-electron chi connectivity index (χ4n) is 2.19. The number of hydrogen-bond donors (Lipinski definition) is 0. The summed E-state index contributed by atoms with van der Waals surface area (Å²) in [6, 6.07) is 6.77. The number of benzene rings is 1. The van der Waals surface area contributed by atoms with E-state index in [0.717, 1.165) is 0 Å². The van der Waals surface area contributed by atoms with Crippen molar-refractivity contribution >= 4 is 17.3 Å². The normalized spacial score (nSPS) is 15.4. The molecule has 0 N–H and O–H groups in total. The third-order valence-electron chi connectivity index (χ3n) is 3.66. The van der Waals surface area contributed by atoms with E-state index in [2.05, 4.69) is 0 Å². The molecular formula is C17H18O3. The minimum absolute atomic E-state index is 0.0221. The van der Waals surface area contributed by atoms with Gasteiger partial charge in [0.15, 0.2) is 11.6 Å². The van der Waals surface area contributed by atoms with E-state index in [1.165, 1.54) is 0 Å². The molecule has 0 amide bonds. The number of hydrogen-bond acceptors (Lipinski definition) is 3. The fourth-order valence-corrected chi connectivity index (χ4v) is 2.19.